The first-order valence-corrected chi connectivity index (χ1v) is 4.72. The molecule has 0 spiro atoms. The average molecular weight is 220 g/mol. The number of rotatable bonds is 2. The number of nitrogens with zero attached hydrogens (tertiary/aromatic N) is 6. The molecule has 0 aliphatic rings. The lowest BCUT2D eigenvalue weighted by molar-refractivity contribution is 0.381. The molecule has 7 heteroatoms. The molecular formula is C9H12N6O. The van der Waals surface area contributed by atoms with Gasteiger partial charge in [-0.1, -0.05) is 0 Å². The average Bonchev–Trinajstić information content (AvgIpc) is 2.27. The van der Waals surface area contributed by atoms with E-state index in [9.17, 15) is 0 Å². The molecule has 0 fully saturated rings. The number of anilines is 1. The fraction of sp³-hybridized carbons (Fsp3) is 0.444. The summed E-state index contributed by atoms with van der Waals surface area (Å²) in [6.45, 7) is 1.77. The van der Waals surface area contributed by atoms with E-state index >= 15 is 0 Å². The monoisotopic (exact) mass is 220 g/mol. The summed E-state index contributed by atoms with van der Waals surface area (Å²) >= 11 is 0. The van der Waals surface area contributed by atoms with Crippen LogP contribution >= 0.6 is 0 Å². The summed E-state index contributed by atoms with van der Waals surface area (Å²) in [6.07, 6.45) is 0. The van der Waals surface area contributed by atoms with Gasteiger partial charge in [0.1, 0.15) is 5.82 Å². The Morgan fingerprint density at radius 3 is 2.44 bits per heavy atom. The normalized spacial score (nSPS) is 10.5. The molecule has 2 rings (SSSR count). The van der Waals surface area contributed by atoms with Gasteiger partial charge in [0.2, 0.25) is 5.65 Å². The SMILES string of the molecule is COc1nc(N(C)C)c2nc(C)nnc2n1. The first kappa shape index (κ1) is 10.5. The quantitative estimate of drug-likeness (QED) is 0.715. The van der Waals surface area contributed by atoms with Crippen molar-refractivity contribution < 1.29 is 4.74 Å². The van der Waals surface area contributed by atoms with Crippen LogP contribution in [0.5, 0.6) is 6.01 Å². The van der Waals surface area contributed by atoms with Gasteiger partial charge in [0.05, 0.1) is 7.11 Å². The fourth-order valence-electron chi connectivity index (χ4n) is 1.29. The van der Waals surface area contributed by atoms with E-state index in [1.165, 1.54) is 7.11 Å². The van der Waals surface area contributed by atoms with Crippen molar-refractivity contribution in [1.29, 1.82) is 0 Å². The number of methoxy groups -OCH3 is 1. The highest BCUT2D eigenvalue weighted by Gasteiger charge is 2.12. The van der Waals surface area contributed by atoms with Crippen LogP contribution in [0.3, 0.4) is 0 Å². The standard InChI is InChI=1S/C9H12N6O/c1-5-10-6-7(14-13-5)11-9(16-4)12-8(6)15(2)3/h1-4H3. The van der Waals surface area contributed by atoms with Crippen molar-refractivity contribution in [3.8, 4) is 6.01 Å². The number of hydrogen-bond acceptors (Lipinski definition) is 7. The van der Waals surface area contributed by atoms with Crippen molar-refractivity contribution in [2.45, 2.75) is 6.92 Å². The molecule has 0 radical (unpaired) electrons. The molecule has 0 atom stereocenters. The highest BCUT2D eigenvalue weighted by molar-refractivity contribution is 5.82. The zero-order valence-electron chi connectivity index (χ0n) is 9.59. The van der Waals surface area contributed by atoms with Crippen LogP contribution in [0.1, 0.15) is 5.82 Å². The van der Waals surface area contributed by atoms with Crippen molar-refractivity contribution in [3.63, 3.8) is 0 Å². The van der Waals surface area contributed by atoms with Gasteiger partial charge in [-0.2, -0.15) is 9.97 Å². The minimum Gasteiger partial charge on any atom is -0.467 e. The van der Waals surface area contributed by atoms with E-state index in [2.05, 4.69) is 25.1 Å². The van der Waals surface area contributed by atoms with Gasteiger partial charge in [0.25, 0.3) is 0 Å². The molecule has 0 aliphatic heterocycles. The highest BCUT2D eigenvalue weighted by Crippen LogP contribution is 2.20. The van der Waals surface area contributed by atoms with Crippen molar-refractivity contribution in [2.75, 3.05) is 26.1 Å². The molecule has 7 nitrogen and oxygen atoms in total. The molecule has 0 amide bonds. The fourth-order valence-corrected chi connectivity index (χ4v) is 1.29. The molecule has 0 saturated carbocycles. The molecule has 2 heterocycles. The molecule has 0 N–H and O–H groups in total. The number of fused-ring (bicyclic) bond motifs is 1. The van der Waals surface area contributed by atoms with Crippen LogP contribution in [0.2, 0.25) is 0 Å². The Kier molecular flexibility index (Phi) is 2.51. The summed E-state index contributed by atoms with van der Waals surface area (Å²) in [4.78, 5) is 14.4. The molecule has 0 aromatic carbocycles. The minimum atomic E-state index is 0.260. The van der Waals surface area contributed by atoms with Gasteiger partial charge < -0.3 is 9.64 Å². The third-order valence-electron chi connectivity index (χ3n) is 2.00. The number of hydrogen-bond donors (Lipinski definition) is 0. The minimum absolute atomic E-state index is 0.260. The van der Waals surface area contributed by atoms with Gasteiger partial charge in [-0.25, -0.2) is 4.98 Å². The molecule has 84 valence electrons. The molecule has 0 saturated heterocycles. The maximum absolute atomic E-state index is 5.00. The second-order valence-corrected chi connectivity index (χ2v) is 3.46. The highest BCUT2D eigenvalue weighted by atomic mass is 16.5. The van der Waals surface area contributed by atoms with E-state index in [4.69, 9.17) is 4.74 Å². The molecule has 0 bridgehead atoms. The number of ether oxygens (including phenoxy) is 1. The molecule has 0 aliphatic carbocycles. The largest absolute Gasteiger partial charge is 0.467 e. The van der Waals surface area contributed by atoms with Crippen LogP contribution in [-0.4, -0.2) is 46.4 Å². The number of aryl methyl sites for hydroxylation is 1. The van der Waals surface area contributed by atoms with Crippen LogP contribution < -0.4 is 9.64 Å². The van der Waals surface area contributed by atoms with E-state index in [1.807, 2.05) is 19.0 Å². The van der Waals surface area contributed by atoms with Crippen molar-refractivity contribution in [2.24, 2.45) is 0 Å². The first-order chi connectivity index (χ1) is 7.61. The third kappa shape index (κ3) is 1.71. The summed E-state index contributed by atoms with van der Waals surface area (Å²) in [7, 11) is 5.26. The van der Waals surface area contributed by atoms with Crippen molar-refractivity contribution >= 4 is 17.0 Å². The lowest BCUT2D eigenvalue weighted by atomic mass is 10.4. The second-order valence-electron chi connectivity index (χ2n) is 3.46. The Hall–Kier alpha value is -2.05. The van der Waals surface area contributed by atoms with Gasteiger partial charge in [-0.05, 0) is 6.92 Å². The summed E-state index contributed by atoms with van der Waals surface area (Å²) in [5.41, 5.74) is 1.06. The van der Waals surface area contributed by atoms with Gasteiger partial charge in [-0.3, -0.25) is 0 Å². The maximum atomic E-state index is 5.00. The summed E-state index contributed by atoms with van der Waals surface area (Å²) < 4.78 is 5.00. The van der Waals surface area contributed by atoms with Gasteiger partial charge in [-0.15, -0.1) is 10.2 Å². The summed E-state index contributed by atoms with van der Waals surface area (Å²) in [6, 6.07) is 0.260. The molecule has 2 aromatic heterocycles. The topological polar surface area (TPSA) is 76.9 Å². The predicted molar refractivity (Wildman–Crippen MR) is 58.5 cm³/mol. The van der Waals surface area contributed by atoms with Crippen LogP contribution in [0.15, 0.2) is 0 Å². The zero-order valence-corrected chi connectivity index (χ0v) is 9.59. The summed E-state index contributed by atoms with van der Waals surface area (Å²) in [5, 5.41) is 7.82. The Labute approximate surface area is 92.5 Å². The van der Waals surface area contributed by atoms with Crippen LogP contribution in [0, 0.1) is 6.92 Å². The van der Waals surface area contributed by atoms with E-state index in [1.54, 1.807) is 6.92 Å². The van der Waals surface area contributed by atoms with Gasteiger partial charge in [0.15, 0.2) is 11.3 Å². The van der Waals surface area contributed by atoms with E-state index in [0.29, 0.717) is 22.8 Å². The number of aromatic nitrogens is 5. The lowest BCUT2D eigenvalue weighted by Crippen LogP contribution is -2.14. The first-order valence-electron chi connectivity index (χ1n) is 4.72. The summed E-state index contributed by atoms with van der Waals surface area (Å²) in [5.74, 6) is 1.25. The van der Waals surface area contributed by atoms with Crippen LogP contribution in [0.4, 0.5) is 5.82 Å². The van der Waals surface area contributed by atoms with Crippen molar-refractivity contribution in [3.05, 3.63) is 5.82 Å². The second kappa shape index (κ2) is 3.84. The maximum Gasteiger partial charge on any atom is 0.320 e. The van der Waals surface area contributed by atoms with Crippen LogP contribution in [0.25, 0.3) is 11.2 Å². The zero-order chi connectivity index (χ0) is 11.7. The van der Waals surface area contributed by atoms with Gasteiger partial charge >= 0.3 is 6.01 Å². The molecule has 16 heavy (non-hydrogen) atoms. The predicted octanol–water partition coefficient (Wildman–Crippen LogP) is 0.198. The lowest BCUT2D eigenvalue weighted by Gasteiger charge is -2.13. The Morgan fingerprint density at radius 2 is 1.81 bits per heavy atom. The Balaban J connectivity index is 2.77. The Bertz CT molecular complexity index is 527. The molecule has 2 aromatic rings. The van der Waals surface area contributed by atoms with Crippen molar-refractivity contribution in [1.82, 2.24) is 25.1 Å². The smallest absolute Gasteiger partial charge is 0.320 e. The molecule has 0 unspecified atom stereocenters. The third-order valence-corrected chi connectivity index (χ3v) is 2.00. The van der Waals surface area contributed by atoms with E-state index in [-0.39, 0.29) is 6.01 Å². The molecular weight excluding hydrogens is 208 g/mol. The van der Waals surface area contributed by atoms with E-state index in [0.717, 1.165) is 0 Å². The van der Waals surface area contributed by atoms with Gasteiger partial charge in [0, 0.05) is 14.1 Å². The Morgan fingerprint density at radius 1 is 1.06 bits per heavy atom. The van der Waals surface area contributed by atoms with E-state index < -0.39 is 0 Å². The van der Waals surface area contributed by atoms with Crippen LogP contribution in [-0.2, 0) is 0 Å².